The Labute approximate surface area is 110 Å². The Hall–Kier alpha value is -2.13. The summed E-state index contributed by atoms with van der Waals surface area (Å²) in [4.78, 5) is 11.1. The van der Waals surface area contributed by atoms with Crippen LogP contribution in [-0.2, 0) is 11.1 Å². The molecule has 0 amide bonds. The Bertz CT molecular complexity index is 607. The predicted octanol–water partition coefficient (Wildman–Crippen LogP) is 1.38. The summed E-state index contributed by atoms with van der Waals surface area (Å²) in [6.07, 6.45) is -0.907. The van der Waals surface area contributed by atoms with Gasteiger partial charge >= 0.3 is 6.08 Å². The van der Waals surface area contributed by atoms with E-state index in [2.05, 4.69) is 25.6 Å². The summed E-state index contributed by atoms with van der Waals surface area (Å²) >= 11 is -2.03. The molecular weight excluding hydrogens is 273 g/mol. The molecule has 3 N–H and O–H groups in total. The fourth-order valence-corrected chi connectivity index (χ4v) is 1.67. The lowest BCUT2D eigenvalue weighted by atomic mass is 10.3. The van der Waals surface area contributed by atoms with Crippen molar-refractivity contribution in [2.45, 2.75) is 4.90 Å². The molecule has 9 heteroatoms. The highest BCUT2D eigenvalue weighted by molar-refractivity contribution is 7.79. The maximum absolute atomic E-state index is 13.1. The first-order valence-electron chi connectivity index (χ1n) is 5.16. The van der Waals surface area contributed by atoms with Crippen molar-refractivity contribution in [3.8, 4) is 0 Å². The number of nitrogens with one attached hydrogen (secondary N) is 2. The zero-order valence-corrected chi connectivity index (χ0v) is 10.6. The van der Waals surface area contributed by atoms with Gasteiger partial charge in [0.15, 0.2) is 11.1 Å². The standard InChI is InChI=1S/C10H10FN5O2S/c1-12-9-14-8(11)15-10(16-9)13-6-2-4-7(5-3-6)19(17)18/h2-5H,1H3,(H,17,18)(H2,12,13,14,15,16). The Balaban J connectivity index is 2.21. The average Bonchev–Trinajstić information content (AvgIpc) is 2.38. The van der Waals surface area contributed by atoms with Gasteiger partial charge in [-0.3, -0.25) is 0 Å². The Morgan fingerprint density at radius 3 is 2.37 bits per heavy atom. The molecule has 0 aliphatic rings. The maximum Gasteiger partial charge on any atom is 0.315 e. The van der Waals surface area contributed by atoms with E-state index in [9.17, 15) is 8.60 Å². The van der Waals surface area contributed by atoms with Crippen molar-refractivity contribution in [3.63, 3.8) is 0 Å². The van der Waals surface area contributed by atoms with Gasteiger partial charge in [-0.2, -0.15) is 19.3 Å². The monoisotopic (exact) mass is 283 g/mol. The molecule has 0 saturated heterocycles. The SMILES string of the molecule is CNc1nc(F)nc(Nc2ccc(S(=O)O)cc2)n1. The van der Waals surface area contributed by atoms with Crippen molar-refractivity contribution < 1.29 is 13.2 Å². The van der Waals surface area contributed by atoms with E-state index in [1.165, 1.54) is 12.1 Å². The number of benzene rings is 1. The van der Waals surface area contributed by atoms with Gasteiger partial charge in [0, 0.05) is 12.7 Å². The lowest BCUT2D eigenvalue weighted by molar-refractivity contribution is 0.537. The van der Waals surface area contributed by atoms with Crippen LogP contribution in [-0.4, -0.2) is 30.8 Å². The third-order valence-corrected chi connectivity index (χ3v) is 2.82. The summed E-state index contributed by atoms with van der Waals surface area (Å²) in [5, 5.41) is 5.37. The van der Waals surface area contributed by atoms with Crippen LogP contribution in [0.25, 0.3) is 0 Å². The van der Waals surface area contributed by atoms with Crippen molar-refractivity contribution >= 4 is 28.7 Å². The van der Waals surface area contributed by atoms with Crippen LogP contribution in [0.1, 0.15) is 0 Å². The quantitative estimate of drug-likeness (QED) is 0.729. The summed E-state index contributed by atoms with van der Waals surface area (Å²) < 4.78 is 32.7. The molecule has 100 valence electrons. The van der Waals surface area contributed by atoms with Crippen molar-refractivity contribution in [1.29, 1.82) is 0 Å². The first-order chi connectivity index (χ1) is 9.08. The van der Waals surface area contributed by atoms with E-state index >= 15 is 0 Å². The zero-order chi connectivity index (χ0) is 13.8. The summed E-state index contributed by atoms with van der Waals surface area (Å²) in [5.41, 5.74) is 0.557. The van der Waals surface area contributed by atoms with E-state index in [0.717, 1.165) is 0 Å². The molecule has 0 radical (unpaired) electrons. The third kappa shape index (κ3) is 3.42. The lowest BCUT2D eigenvalue weighted by Gasteiger charge is -2.06. The highest BCUT2D eigenvalue weighted by Gasteiger charge is 2.05. The van der Waals surface area contributed by atoms with E-state index in [4.69, 9.17) is 4.55 Å². The summed E-state index contributed by atoms with van der Waals surface area (Å²) in [5.74, 6) is 0.137. The fraction of sp³-hybridized carbons (Fsp3) is 0.100. The van der Waals surface area contributed by atoms with E-state index in [-0.39, 0.29) is 16.8 Å². The minimum atomic E-state index is -2.03. The molecule has 0 fully saturated rings. The van der Waals surface area contributed by atoms with E-state index in [1.807, 2.05) is 0 Å². The molecular formula is C10H10FN5O2S. The third-order valence-electron chi connectivity index (χ3n) is 2.14. The zero-order valence-electron chi connectivity index (χ0n) is 9.79. The van der Waals surface area contributed by atoms with Gasteiger partial charge < -0.3 is 15.2 Å². The van der Waals surface area contributed by atoms with Gasteiger partial charge in [-0.15, -0.1) is 0 Å². The predicted molar refractivity (Wildman–Crippen MR) is 68.1 cm³/mol. The second-order valence-corrected chi connectivity index (χ2v) is 4.37. The van der Waals surface area contributed by atoms with Gasteiger partial charge in [0.05, 0.1) is 4.90 Å². The molecule has 1 atom stereocenters. The van der Waals surface area contributed by atoms with Crippen molar-refractivity contribution in [2.75, 3.05) is 17.7 Å². The lowest BCUT2D eigenvalue weighted by Crippen LogP contribution is -2.05. The number of hydrogen-bond donors (Lipinski definition) is 3. The number of halogens is 1. The van der Waals surface area contributed by atoms with Gasteiger partial charge in [0.1, 0.15) is 0 Å². The van der Waals surface area contributed by atoms with Crippen LogP contribution in [0, 0.1) is 6.08 Å². The molecule has 1 unspecified atom stereocenters. The molecule has 0 saturated carbocycles. The molecule has 2 aromatic rings. The maximum atomic E-state index is 13.1. The first kappa shape index (κ1) is 13.3. The second kappa shape index (κ2) is 5.67. The smallest absolute Gasteiger partial charge is 0.315 e. The molecule has 1 heterocycles. The molecule has 19 heavy (non-hydrogen) atoms. The highest BCUT2D eigenvalue weighted by Crippen LogP contribution is 2.16. The van der Waals surface area contributed by atoms with E-state index in [1.54, 1.807) is 19.2 Å². The first-order valence-corrected chi connectivity index (χ1v) is 6.26. The topological polar surface area (TPSA) is 100 Å². The Morgan fingerprint density at radius 1 is 1.16 bits per heavy atom. The molecule has 0 aliphatic carbocycles. The number of aromatic nitrogens is 3. The van der Waals surface area contributed by atoms with Gasteiger partial charge in [-0.05, 0) is 24.3 Å². The van der Waals surface area contributed by atoms with Crippen LogP contribution in [0.4, 0.5) is 22.0 Å². The molecule has 7 nitrogen and oxygen atoms in total. The van der Waals surface area contributed by atoms with Crippen LogP contribution in [0.15, 0.2) is 29.2 Å². The van der Waals surface area contributed by atoms with E-state index < -0.39 is 17.2 Å². The highest BCUT2D eigenvalue weighted by atomic mass is 32.2. The Morgan fingerprint density at radius 2 is 1.79 bits per heavy atom. The minimum Gasteiger partial charge on any atom is -0.357 e. The number of anilines is 3. The van der Waals surface area contributed by atoms with Gasteiger partial charge in [-0.1, -0.05) is 0 Å². The minimum absolute atomic E-state index is 0.0368. The summed E-state index contributed by atoms with van der Waals surface area (Å²) in [6, 6.07) is 6.05. The summed E-state index contributed by atoms with van der Waals surface area (Å²) in [6.45, 7) is 0. The second-order valence-electron chi connectivity index (χ2n) is 3.40. The van der Waals surface area contributed by atoms with Crippen LogP contribution in [0.3, 0.4) is 0 Å². The van der Waals surface area contributed by atoms with Crippen LogP contribution < -0.4 is 10.6 Å². The van der Waals surface area contributed by atoms with Gasteiger partial charge in [-0.25, -0.2) is 4.21 Å². The van der Waals surface area contributed by atoms with Crippen LogP contribution in [0.2, 0.25) is 0 Å². The molecule has 0 bridgehead atoms. The van der Waals surface area contributed by atoms with E-state index in [0.29, 0.717) is 5.69 Å². The summed E-state index contributed by atoms with van der Waals surface area (Å²) in [7, 11) is 1.56. The van der Waals surface area contributed by atoms with Crippen molar-refractivity contribution in [3.05, 3.63) is 30.3 Å². The van der Waals surface area contributed by atoms with Gasteiger partial charge in [0.25, 0.3) is 0 Å². The number of nitrogens with zero attached hydrogens (tertiary/aromatic N) is 3. The Kier molecular flexibility index (Phi) is 3.97. The van der Waals surface area contributed by atoms with Crippen LogP contribution >= 0.6 is 0 Å². The molecule has 1 aromatic heterocycles. The van der Waals surface area contributed by atoms with Gasteiger partial charge in [0.2, 0.25) is 11.9 Å². The van der Waals surface area contributed by atoms with Crippen molar-refractivity contribution in [1.82, 2.24) is 15.0 Å². The van der Waals surface area contributed by atoms with Crippen LogP contribution in [0.5, 0.6) is 0 Å². The molecule has 2 rings (SSSR count). The molecule has 1 aromatic carbocycles. The number of rotatable bonds is 4. The van der Waals surface area contributed by atoms with Crippen molar-refractivity contribution in [2.24, 2.45) is 0 Å². The number of hydrogen-bond acceptors (Lipinski definition) is 6. The molecule has 0 aliphatic heterocycles. The largest absolute Gasteiger partial charge is 0.357 e. The average molecular weight is 283 g/mol. The molecule has 0 spiro atoms. The fourth-order valence-electron chi connectivity index (χ4n) is 1.30. The normalized spacial score (nSPS) is 11.9.